The molecule has 0 radical (unpaired) electrons. The first-order valence-corrected chi connectivity index (χ1v) is 12.2. The number of aliphatic hydroxyl groups is 1. The molecule has 1 fully saturated rings. The normalized spacial score (nSPS) is 18.9. The molecule has 0 unspecified atom stereocenters. The molecular formula is C19H26F2N8O3S. The quantitative estimate of drug-likeness (QED) is 0.537. The molecule has 2 N–H and O–H groups in total. The van der Waals surface area contributed by atoms with Gasteiger partial charge >= 0.3 is 0 Å². The Bertz CT molecular complexity index is 1310. The lowest BCUT2D eigenvalue weighted by Gasteiger charge is -2.33. The number of hydrogen-bond acceptors (Lipinski definition) is 9. The van der Waals surface area contributed by atoms with Gasteiger partial charge in [-0.3, -0.25) is 4.68 Å². The topological polar surface area (TPSA) is 131 Å². The summed E-state index contributed by atoms with van der Waals surface area (Å²) >= 11 is 0. The molecule has 4 heterocycles. The molecule has 3 aromatic rings. The number of nitrogens with one attached hydrogen (secondary N) is 1. The predicted molar refractivity (Wildman–Crippen MR) is 118 cm³/mol. The van der Waals surface area contributed by atoms with E-state index in [2.05, 4.69) is 25.4 Å². The lowest BCUT2D eigenvalue weighted by molar-refractivity contribution is -0.00133. The van der Waals surface area contributed by atoms with Gasteiger partial charge in [-0.15, -0.1) is 0 Å². The Balaban J connectivity index is 1.85. The van der Waals surface area contributed by atoms with Crippen LogP contribution in [0, 0.1) is 0 Å². The van der Waals surface area contributed by atoms with E-state index >= 15 is 0 Å². The number of rotatable bonds is 6. The number of aryl methyl sites for hydroxylation is 2. The van der Waals surface area contributed by atoms with Crippen molar-refractivity contribution in [1.82, 2.24) is 29.3 Å². The van der Waals surface area contributed by atoms with Gasteiger partial charge in [0.2, 0.25) is 5.95 Å². The third-order valence-electron chi connectivity index (χ3n) is 5.62. The van der Waals surface area contributed by atoms with Crippen LogP contribution in [0.4, 0.5) is 26.4 Å². The summed E-state index contributed by atoms with van der Waals surface area (Å²) < 4.78 is 55.6. The highest BCUT2D eigenvalue weighted by Gasteiger charge is 2.51. The number of aromatic nitrogens is 6. The van der Waals surface area contributed by atoms with Gasteiger partial charge in [-0.05, 0) is 20.8 Å². The van der Waals surface area contributed by atoms with Gasteiger partial charge in [0.05, 0.1) is 24.5 Å². The van der Waals surface area contributed by atoms with Crippen LogP contribution in [-0.4, -0.2) is 73.2 Å². The van der Waals surface area contributed by atoms with Crippen LogP contribution in [0.1, 0.15) is 27.2 Å². The number of anilines is 3. The first-order valence-electron chi connectivity index (χ1n) is 10.3. The Morgan fingerprint density at radius 3 is 2.61 bits per heavy atom. The molecule has 4 rings (SSSR count). The molecule has 1 aliphatic rings. The maximum Gasteiger partial charge on any atom is 0.267 e. The van der Waals surface area contributed by atoms with E-state index in [0.29, 0.717) is 23.5 Å². The van der Waals surface area contributed by atoms with Crippen LogP contribution in [0.3, 0.4) is 0 Å². The van der Waals surface area contributed by atoms with Crippen LogP contribution in [-0.2, 0) is 23.4 Å². The lowest BCUT2D eigenvalue weighted by atomic mass is 9.96. The molecule has 1 saturated heterocycles. The third kappa shape index (κ3) is 4.36. The molecule has 0 aliphatic carbocycles. The van der Waals surface area contributed by atoms with Crippen molar-refractivity contribution in [2.75, 3.05) is 23.0 Å². The van der Waals surface area contributed by atoms with E-state index in [9.17, 15) is 22.3 Å². The van der Waals surface area contributed by atoms with Crippen molar-refractivity contribution in [2.24, 2.45) is 7.05 Å². The fraction of sp³-hybridized carbons (Fsp3) is 0.579. The van der Waals surface area contributed by atoms with Crippen molar-refractivity contribution < 1.29 is 22.3 Å². The van der Waals surface area contributed by atoms with Crippen LogP contribution in [0.5, 0.6) is 0 Å². The number of hydrogen-bond donors (Lipinski definition) is 2. The van der Waals surface area contributed by atoms with E-state index in [1.54, 1.807) is 17.9 Å². The first kappa shape index (κ1) is 23.3. The Morgan fingerprint density at radius 1 is 1.33 bits per heavy atom. The van der Waals surface area contributed by atoms with Crippen molar-refractivity contribution in [3.8, 4) is 0 Å². The molecule has 180 valence electrons. The van der Waals surface area contributed by atoms with Crippen molar-refractivity contribution in [2.45, 2.75) is 56.3 Å². The number of halogens is 2. The zero-order chi connectivity index (χ0) is 24.3. The molecule has 0 amide bonds. The second-order valence-electron chi connectivity index (χ2n) is 8.82. The highest BCUT2D eigenvalue weighted by atomic mass is 32.2. The van der Waals surface area contributed by atoms with Gasteiger partial charge in [0.1, 0.15) is 5.82 Å². The molecule has 11 nitrogen and oxygen atoms in total. The zero-order valence-corrected chi connectivity index (χ0v) is 19.7. The van der Waals surface area contributed by atoms with Gasteiger partial charge in [0.25, 0.3) is 5.92 Å². The molecular weight excluding hydrogens is 458 g/mol. The Labute approximate surface area is 189 Å². The number of nitrogens with zero attached hydrogens (tertiary/aromatic N) is 7. The smallest absolute Gasteiger partial charge is 0.267 e. The summed E-state index contributed by atoms with van der Waals surface area (Å²) in [5.41, 5.74) is -0.628. The summed E-state index contributed by atoms with van der Waals surface area (Å²) in [5, 5.41) is 17.4. The molecule has 14 heteroatoms. The van der Waals surface area contributed by atoms with E-state index in [1.165, 1.54) is 29.5 Å². The molecule has 1 atom stereocenters. The van der Waals surface area contributed by atoms with E-state index in [0.717, 1.165) is 6.26 Å². The Hall–Kier alpha value is -2.87. The summed E-state index contributed by atoms with van der Waals surface area (Å²) in [6.07, 6.45) is 2.08. The Kier molecular flexibility index (Phi) is 5.35. The average Bonchev–Trinajstić information content (AvgIpc) is 3.36. The largest absolute Gasteiger partial charge is 0.388 e. The van der Waals surface area contributed by atoms with Crippen LogP contribution >= 0.6 is 0 Å². The predicted octanol–water partition coefficient (Wildman–Crippen LogP) is 1.71. The maximum atomic E-state index is 14.4. The summed E-state index contributed by atoms with van der Waals surface area (Å²) in [6, 6.07) is 0.438. The van der Waals surface area contributed by atoms with Crippen LogP contribution in [0.25, 0.3) is 11.2 Å². The summed E-state index contributed by atoms with van der Waals surface area (Å²) in [5.74, 6) is -2.49. The van der Waals surface area contributed by atoms with Crippen LogP contribution < -0.4 is 10.2 Å². The molecule has 0 aromatic carbocycles. The highest BCUT2D eigenvalue weighted by molar-refractivity contribution is 7.90. The van der Waals surface area contributed by atoms with Crippen molar-refractivity contribution in [3.05, 3.63) is 12.4 Å². The standard InChI is InChI=1S/C19H26F2N8O3S/c1-6-28-10-22-14-15(23-12-7-13(26-27(12)4)33(5,31)32)24-17(25-16(14)28)29-9-19(20,21)8-11(29)18(2,3)30/h7,10-11,30H,6,8-9H2,1-5H3,(H,23,24,25)/t11-/m0/s1. The number of fused-ring (bicyclic) bond motifs is 1. The van der Waals surface area contributed by atoms with Gasteiger partial charge in [-0.25, -0.2) is 22.2 Å². The zero-order valence-electron chi connectivity index (χ0n) is 18.9. The van der Waals surface area contributed by atoms with E-state index in [-0.39, 0.29) is 16.8 Å². The second-order valence-corrected chi connectivity index (χ2v) is 10.8. The molecule has 1 aliphatic heterocycles. The van der Waals surface area contributed by atoms with Gasteiger partial charge in [-0.1, -0.05) is 0 Å². The maximum absolute atomic E-state index is 14.4. The van der Waals surface area contributed by atoms with Gasteiger partial charge < -0.3 is 19.9 Å². The Morgan fingerprint density at radius 2 is 2.03 bits per heavy atom. The summed E-state index contributed by atoms with van der Waals surface area (Å²) in [6.45, 7) is 4.72. The molecule has 3 aromatic heterocycles. The number of imidazole rings is 1. The minimum absolute atomic E-state index is 0.00926. The number of alkyl halides is 2. The van der Waals surface area contributed by atoms with Crippen molar-refractivity contribution in [1.29, 1.82) is 0 Å². The van der Waals surface area contributed by atoms with Crippen LogP contribution in [0.15, 0.2) is 17.4 Å². The van der Waals surface area contributed by atoms with Crippen molar-refractivity contribution in [3.63, 3.8) is 0 Å². The van der Waals surface area contributed by atoms with Gasteiger partial charge in [0.15, 0.2) is 31.8 Å². The van der Waals surface area contributed by atoms with E-state index < -0.39 is 40.4 Å². The fourth-order valence-corrected chi connectivity index (χ4v) is 4.49. The summed E-state index contributed by atoms with van der Waals surface area (Å²) in [7, 11) is -1.98. The minimum atomic E-state index is -3.54. The lowest BCUT2D eigenvalue weighted by Crippen LogP contribution is -2.46. The summed E-state index contributed by atoms with van der Waals surface area (Å²) in [4.78, 5) is 14.6. The number of sulfone groups is 1. The van der Waals surface area contributed by atoms with Crippen LogP contribution in [0.2, 0.25) is 0 Å². The van der Waals surface area contributed by atoms with Crippen molar-refractivity contribution >= 4 is 38.6 Å². The van der Waals surface area contributed by atoms with Gasteiger partial charge in [-0.2, -0.15) is 15.1 Å². The SMILES string of the molecule is CCn1cnc2c(Nc3cc(S(C)(=O)=O)nn3C)nc(N3CC(F)(F)C[C@H]3C(C)(C)O)nc21. The monoisotopic (exact) mass is 484 g/mol. The molecule has 33 heavy (non-hydrogen) atoms. The second kappa shape index (κ2) is 7.58. The third-order valence-corrected chi connectivity index (χ3v) is 6.58. The molecule has 0 spiro atoms. The minimum Gasteiger partial charge on any atom is -0.388 e. The first-order chi connectivity index (χ1) is 15.2. The molecule has 0 bridgehead atoms. The van der Waals surface area contributed by atoms with E-state index in [1.807, 2.05) is 6.92 Å². The van der Waals surface area contributed by atoms with Gasteiger partial charge in [0, 0.05) is 32.3 Å². The fourth-order valence-electron chi connectivity index (χ4n) is 3.90. The van der Waals surface area contributed by atoms with E-state index in [4.69, 9.17) is 0 Å². The average molecular weight is 485 g/mol. The molecule has 0 saturated carbocycles. The highest BCUT2D eigenvalue weighted by Crippen LogP contribution is 2.39.